The molecule has 1 fully saturated rings. The summed E-state index contributed by atoms with van der Waals surface area (Å²) in [5.41, 5.74) is 1.21. The fourth-order valence-corrected chi connectivity index (χ4v) is 3.19. The number of nitrogens with zero attached hydrogens (tertiary/aromatic N) is 1. The van der Waals surface area contributed by atoms with E-state index in [1.165, 1.54) is 0 Å². The van der Waals surface area contributed by atoms with Gasteiger partial charge in [-0.05, 0) is 50.9 Å². The van der Waals surface area contributed by atoms with Crippen LogP contribution < -0.4 is 5.46 Å². The second-order valence-corrected chi connectivity index (χ2v) is 8.06. The number of hydrogen-bond donors (Lipinski definition) is 0. The molecular weight excluding hydrogens is 357 g/mol. The standard InChI is InChI=1S/C21H22BNO5/c1-20(2)21(3,4)28-22(27-20)15-10-11-16-17(12-15)19(25)23(18(16)24)26-13-14-8-6-5-7-9-14/h5-12H,13H2,1-4H3. The fraction of sp³-hybridized carbons (Fsp3) is 0.333. The molecule has 1 saturated heterocycles. The van der Waals surface area contributed by atoms with Crippen LogP contribution in [0.3, 0.4) is 0 Å². The number of hydroxylamine groups is 2. The Bertz CT molecular complexity index is 925. The Morgan fingerprint density at radius 2 is 1.50 bits per heavy atom. The Morgan fingerprint density at radius 3 is 2.14 bits per heavy atom. The zero-order chi connectivity index (χ0) is 20.1. The van der Waals surface area contributed by atoms with Gasteiger partial charge in [0, 0.05) is 0 Å². The number of rotatable bonds is 4. The number of hydrogen-bond acceptors (Lipinski definition) is 5. The Hall–Kier alpha value is -2.48. The monoisotopic (exact) mass is 379 g/mol. The first-order valence-corrected chi connectivity index (χ1v) is 9.25. The second-order valence-electron chi connectivity index (χ2n) is 8.06. The number of imide groups is 1. The Kier molecular flexibility index (Phi) is 4.41. The molecule has 4 rings (SSSR count). The van der Waals surface area contributed by atoms with Crippen LogP contribution in [0, 0.1) is 0 Å². The van der Waals surface area contributed by atoms with Crippen LogP contribution in [-0.2, 0) is 20.8 Å². The summed E-state index contributed by atoms with van der Waals surface area (Å²) in [6.07, 6.45) is 0. The van der Waals surface area contributed by atoms with Crippen LogP contribution in [0.25, 0.3) is 0 Å². The van der Waals surface area contributed by atoms with Crippen molar-refractivity contribution < 1.29 is 23.7 Å². The largest absolute Gasteiger partial charge is 0.494 e. The third kappa shape index (κ3) is 3.05. The molecule has 0 aromatic heterocycles. The van der Waals surface area contributed by atoms with E-state index in [2.05, 4.69) is 0 Å². The molecule has 28 heavy (non-hydrogen) atoms. The van der Waals surface area contributed by atoms with E-state index in [0.717, 1.165) is 10.6 Å². The van der Waals surface area contributed by atoms with Crippen molar-refractivity contribution in [3.05, 3.63) is 65.2 Å². The van der Waals surface area contributed by atoms with Gasteiger partial charge in [0.25, 0.3) is 11.8 Å². The summed E-state index contributed by atoms with van der Waals surface area (Å²) >= 11 is 0. The summed E-state index contributed by atoms with van der Waals surface area (Å²) in [5, 5.41) is 0.825. The molecule has 2 aliphatic heterocycles. The smallest absolute Gasteiger partial charge is 0.399 e. The number of amides is 2. The Balaban J connectivity index is 1.55. The minimum absolute atomic E-state index is 0.135. The number of carbonyl (C=O) groups is 2. The highest BCUT2D eigenvalue weighted by atomic mass is 16.7. The molecular formula is C21H22BNO5. The molecule has 0 N–H and O–H groups in total. The lowest BCUT2D eigenvalue weighted by atomic mass is 9.78. The summed E-state index contributed by atoms with van der Waals surface area (Å²) in [7, 11) is -0.600. The second kappa shape index (κ2) is 6.55. The molecule has 144 valence electrons. The summed E-state index contributed by atoms with van der Waals surface area (Å²) in [4.78, 5) is 30.8. The lowest BCUT2D eigenvalue weighted by Crippen LogP contribution is -2.41. The topological polar surface area (TPSA) is 65.1 Å². The zero-order valence-electron chi connectivity index (χ0n) is 16.4. The van der Waals surface area contributed by atoms with E-state index < -0.39 is 30.1 Å². The van der Waals surface area contributed by atoms with Gasteiger partial charge >= 0.3 is 7.12 Å². The van der Waals surface area contributed by atoms with Crippen molar-refractivity contribution in [1.82, 2.24) is 5.06 Å². The molecule has 0 spiro atoms. The van der Waals surface area contributed by atoms with E-state index in [4.69, 9.17) is 14.1 Å². The van der Waals surface area contributed by atoms with Crippen molar-refractivity contribution in [2.24, 2.45) is 0 Å². The molecule has 6 nitrogen and oxygen atoms in total. The summed E-state index contributed by atoms with van der Waals surface area (Å²) in [6, 6.07) is 14.4. The van der Waals surface area contributed by atoms with E-state index in [1.54, 1.807) is 18.2 Å². The molecule has 2 amide bonds. The quantitative estimate of drug-likeness (QED) is 0.604. The SMILES string of the molecule is CC1(C)OB(c2ccc3c(c2)C(=O)N(OCc2ccccc2)C3=O)OC1(C)C. The van der Waals surface area contributed by atoms with Gasteiger partial charge in [0.05, 0.1) is 22.3 Å². The van der Waals surface area contributed by atoms with Gasteiger partial charge in [-0.25, -0.2) is 0 Å². The minimum Gasteiger partial charge on any atom is -0.399 e. The predicted octanol–water partition coefficient (Wildman–Crippen LogP) is 2.71. The van der Waals surface area contributed by atoms with Crippen LogP contribution in [-0.4, -0.2) is 35.2 Å². The lowest BCUT2D eigenvalue weighted by Gasteiger charge is -2.32. The molecule has 0 saturated carbocycles. The summed E-state index contributed by atoms with van der Waals surface area (Å²) < 4.78 is 12.1. The minimum atomic E-state index is -0.600. The van der Waals surface area contributed by atoms with Gasteiger partial charge in [0.15, 0.2) is 0 Å². The van der Waals surface area contributed by atoms with E-state index >= 15 is 0 Å². The molecule has 0 bridgehead atoms. The predicted molar refractivity (Wildman–Crippen MR) is 104 cm³/mol. The van der Waals surface area contributed by atoms with Gasteiger partial charge < -0.3 is 9.31 Å². The average molecular weight is 379 g/mol. The fourth-order valence-electron chi connectivity index (χ4n) is 3.19. The van der Waals surface area contributed by atoms with Crippen LogP contribution in [0.15, 0.2) is 48.5 Å². The third-order valence-corrected chi connectivity index (χ3v) is 5.60. The molecule has 2 aliphatic rings. The van der Waals surface area contributed by atoms with Crippen LogP contribution in [0.4, 0.5) is 0 Å². The van der Waals surface area contributed by atoms with E-state index in [-0.39, 0.29) is 6.61 Å². The molecule has 0 atom stereocenters. The number of fused-ring (bicyclic) bond motifs is 1. The van der Waals surface area contributed by atoms with Crippen molar-refractivity contribution >= 4 is 24.4 Å². The zero-order valence-corrected chi connectivity index (χ0v) is 16.4. The van der Waals surface area contributed by atoms with Gasteiger partial charge in [-0.3, -0.25) is 14.4 Å². The van der Waals surface area contributed by atoms with Crippen molar-refractivity contribution in [3.8, 4) is 0 Å². The van der Waals surface area contributed by atoms with Crippen molar-refractivity contribution in [2.45, 2.75) is 45.5 Å². The molecule has 0 radical (unpaired) electrons. The highest BCUT2D eigenvalue weighted by Crippen LogP contribution is 2.36. The van der Waals surface area contributed by atoms with Gasteiger partial charge in [-0.2, -0.15) is 0 Å². The molecule has 0 unspecified atom stereocenters. The van der Waals surface area contributed by atoms with E-state index in [1.807, 2.05) is 58.0 Å². The van der Waals surface area contributed by atoms with Gasteiger partial charge in [0.2, 0.25) is 0 Å². The van der Waals surface area contributed by atoms with Crippen LogP contribution >= 0.6 is 0 Å². The summed E-state index contributed by atoms with van der Waals surface area (Å²) in [6.45, 7) is 8.00. The van der Waals surface area contributed by atoms with E-state index in [9.17, 15) is 9.59 Å². The molecule has 2 heterocycles. The maximum absolute atomic E-state index is 12.7. The van der Waals surface area contributed by atoms with E-state index in [0.29, 0.717) is 16.6 Å². The maximum Gasteiger partial charge on any atom is 0.494 e. The molecule has 2 aromatic carbocycles. The first-order chi connectivity index (χ1) is 13.2. The highest BCUT2D eigenvalue weighted by Gasteiger charge is 2.52. The molecule has 2 aromatic rings. The highest BCUT2D eigenvalue weighted by molar-refractivity contribution is 6.62. The first-order valence-electron chi connectivity index (χ1n) is 9.25. The summed E-state index contributed by atoms with van der Waals surface area (Å²) in [5.74, 6) is -0.939. The normalized spacial score (nSPS) is 20.0. The van der Waals surface area contributed by atoms with Gasteiger partial charge in [-0.15, -0.1) is 5.06 Å². The Labute approximate surface area is 164 Å². The molecule has 7 heteroatoms. The average Bonchev–Trinajstić information content (AvgIpc) is 3.03. The lowest BCUT2D eigenvalue weighted by molar-refractivity contribution is -0.101. The maximum atomic E-state index is 12.7. The third-order valence-electron chi connectivity index (χ3n) is 5.60. The Morgan fingerprint density at radius 1 is 0.893 bits per heavy atom. The molecule has 0 aliphatic carbocycles. The number of benzene rings is 2. The first kappa shape index (κ1) is 18.9. The van der Waals surface area contributed by atoms with Crippen LogP contribution in [0.2, 0.25) is 0 Å². The van der Waals surface area contributed by atoms with Crippen molar-refractivity contribution in [3.63, 3.8) is 0 Å². The number of carbonyl (C=O) groups excluding carboxylic acids is 2. The van der Waals surface area contributed by atoms with Crippen molar-refractivity contribution in [2.75, 3.05) is 0 Å². The van der Waals surface area contributed by atoms with Gasteiger partial charge in [-0.1, -0.05) is 36.4 Å². The van der Waals surface area contributed by atoms with Crippen LogP contribution in [0.5, 0.6) is 0 Å². The van der Waals surface area contributed by atoms with Crippen molar-refractivity contribution in [1.29, 1.82) is 0 Å². The van der Waals surface area contributed by atoms with Gasteiger partial charge in [0.1, 0.15) is 6.61 Å². The van der Waals surface area contributed by atoms with Crippen LogP contribution in [0.1, 0.15) is 54.0 Å².